The summed E-state index contributed by atoms with van der Waals surface area (Å²) in [6.45, 7) is 8.30. The van der Waals surface area contributed by atoms with Gasteiger partial charge in [0.2, 0.25) is 0 Å². The van der Waals surface area contributed by atoms with E-state index in [0.717, 1.165) is 10.2 Å². The van der Waals surface area contributed by atoms with Crippen LogP contribution in [0.25, 0.3) is 0 Å². The Bertz CT molecular complexity index is 620. The Labute approximate surface area is 137 Å². The van der Waals surface area contributed by atoms with E-state index in [1.54, 1.807) is 4.09 Å². The second-order valence-corrected chi connectivity index (χ2v) is 7.83. The van der Waals surface area contributed by atoms with E-state index in [2.05, 4.69) is 41.8 Å². The van der Waals surface area contributed by atoms with Crippen molar-refractivity contribution in [1.82, 2.24) is 9.19 Å². The molecule has 1 heterocycles. The molecule has 0 atom stereocenters. The average molecular weight is 376 g/mol. The van der Waals surface area contributed by atoms with E-state index in [4.69, 9.17) is 15.0 Å². The van der Waals surface area contributed by atoms with Crippen molar-refractivity contribution in [2.45, 2.75) is 33.1 Å². The third-order valence-corrected chi connectivity index (χ3v) is 4.72. The quantitative estimate of drug-likeness (QED) is 0.658. The molecule has 0 unspecified atom stereocenters. The van der Waals surface area contributed by atoms with E-state index in [-0.39, 0.29) is 5.41 Å². The molecule has 7 heteroatoms. The monoisotopic (exact) mass is 375 g/mol. The summed E-state index contributed by atoms with van der Waals surface area (Å²) < 4.78 is 7.89. The predicted molar refractivity (Wildman–Crippen MR) is 94.5 cm³/mol. The number of anilines is 1. The molecule has 2 aromatic rings. The van der Waals surface area contributed by atoms with Gasteiger partial charge in [-0.1, -0.05) is 38.5 Å². The maximum atomic E-state index is 6.05. The maximum absolute atomic E-state index is 6.05. The number of benzene rings is 1. The highest BCUT2D eigenvalue weighted by molar-refractivity contribution is 9.10. The van der Waals surface area contributed by atoms with E-state index in [1.165, 1.54) is 5.56 Å². The zero-order valence-electron chi connectivity index (χ0n) is 12.7. The first-order valence-corrected chi connectivity index (χ1v) is 8.67. The Morgan fingerprint density at radius 3 is 2.38 bits per heavy atom. The molecule has 0 aliphatic heterocycles. The van der Waals surface area contributed by atoms with Crippen LogP contribution in [0.1, 0.15) is 32.0 Å². The third kappa shape index (κ3) is 3.93. The van der Waals surface area contributed by atoms with Crippen molar-refractivity contribution in [1.29, 1.82) is 0 Å². The lowest BCUT2D eigenvalue weighted by molar-refractivity contribution is -0.0789. The summed E-state index contributed by atoms with van der Waals surface area (Å²) in [6, 6.07) is 7.67. The van der Waals surface area contributed by atoms with Crippen molar-refractivity contribution in [2.24, 2.45) is 0 Å². The van der Waals surface area contributed by atoms with Gasteiger partial charge in [-0.05, 0) is 35.0 Å². The van der Waals surface area contributed by atoms with Crippen LogP contribution in [0.2, 0.25) is 0 Å². The smallest absolute Gasteiger partial charge is 0.166 e. The number of hydrogen-bond donors (Lipinski definition) is 1. The van der Waals surface area contributed by atoms with E-state index in [9.17, 15) is 0 Å². The first-order valence-electron chi connectivity index (χ1n) is 6.67. The Morgan fingerprint density at radius 1 is 1.24 bits per heavy atom. The van der Waals surface area contributed by atoms with E-state index >= 15 is 0 Å². The summed E-state index contributed by atoms with van der Waals surface area (Å²) in [5, 5.41) is 4.53. The number of aryl methyl sites for hydroxylation is 1. The van der Waals surface area contributed by atoms with Crippen LogP contribution in [-0.4, -0.2) is 9.19 Å². The molecule has 5 nitrogen and oxygen atoms in total. The van der Waals surface area contributed by atoms with Crippen molar-refractivity contribution in [2.75, 3.05) is 5.73 Å². The molecule has 0 bridgehead atoms. The van der Waals surface area contributed by atoms with Gasteiger partial charge in [0, 0.05) is 5.41 Å². The van der Waals surface area contributed by atoms with Gasteiger partial charge >= 0.3 is 0 Å². The molecule has 0 saturated carbocycles. The molecule has 0 fully saturated rings. The van der Waals surface area contributed by atoms with Gasteiger partial charge in [-0.2, -0.15) is 5.10 Å². The average Bonchev–Trinajstić information content (AvgIpc) is 2.69. The van der Waals surface area contributed by atoms with Gasteiger partial charge in [0.15, 0.2) is 5.75 Å². The van der Waals surface area contributed by atoms with Crippen molar-refractivity contribution in [3.05, 3.63) is 40.0 Å². The second kappa shape index (κ2) is 6.29. The lowest BCUT2D eigenvalue weighted by Crippen LogP contribution is -2.13. The Morgan fingerprint density at radius 2 is 1.86 bits per heavy atom. The molecule has 21 heavy (non-hydrogen) atoms. The molecule has 2 rings (SSSR count). The second-order valence-electron chi connectivity index (χ2n) is 5.94. The summed E-state index contributed by atoms with van der Waals surface area (Å²) in [6.07, 6.45) is 0. The van der Waals surface area contributed by atoms with Gasteiger partial charge in [0.1, 0.15) is 5.82 Å². The van der Waals surface area contributed by atoms with Crippen LogP contribution in [0.5, 0.6) is 5.75 Å². The predicted octanol–water partition coefficient (Wildman–Crippen LogP) is 3.18. The summed E-state index contributed by atoms with van der Waals surface area (Å²) in [7, 11) is 0. The maximum Gasteiger partial charge on any atom is 0.166 e. The molecule has 118 valence electrons. The molecule has 1 aromatic carbocycles. The Kier molecular flexibility index (Phi) is 4.85. The molecular weight excluding hydrogens is 354 g/mol. The topological polar surface area (TPSA) is 62.3 Å². The van der Waals surface area contributed by atoms with Crippen molar-refractivity contribution >= 4 is 34.0 Å². The van der Waals surface area contributed by atoms with Gasteiger partial charge in [0.05, 0.1) is 10.2 Å². The van der Waals surface area contributed by atoms with Gasteiger partial charge in [-0.3, -0.25) is 0 Å². The first kappa shape index (κ1) is 16.2. The van der Waals surface area contributed by atoms with Crippen LogP contribution < -0.4 is 10.6 Å². The number of nitrogen functional groups attached to an aromatic ring is 1. The molecule has 0 spiro atoms. The lowest BCUT2D eigenvalue weighted by Gasteiger charge is -2.15. The number of halogens is 1. The fourth-order valence-corrected chi connectivity index (χ4v) is 3.66. The van der Waals surface area contributed by atoms with Crippen LogP contribution in [0, 0.1) is 6.92 Å². The molecule has 0 amide bonds. The lowest BCUT2D eigenvalue weighted by atomic mass is 9.92. The molecule has 0 radical (unpaired) electrons. The minimum atomic E-state index is -1.22. The Balaban J connectivity index is 2.02. The normalized spacial score (nSPS) is 11.9. The SMILES string of the molecule is Cc1ccc(OO[SH4]n2nc(C(C)(C)C)c(Br)c2N)cc1. The van der Waals surface area contributed by atoms with Gasteiger partial charge in [-0.15, -0.1) is 16.6 Å². The van der Waals surface area contributed by atoms with Crippen molar-refractivity contribution < 1.29 is 9.22 Å². The summed E-state index contributed by atoms with van der Waals surface area (Å²) in [5.74, 6) is 1.26. The number of nitrogens with zero attached hydrogens (tertiary/aromatic N) is 2. The van der Waals surface area contributed by atoms with E-state index in [0.29, 0.717) is 11.6 Å². The standard InChI is InChI=1S/C14H22BrN3O2S/c1-9-5-7-10(8-6-9)19-20-21-18-13(16)11(15)12(17-18)14(2,3)4/h5-8H,16H2,1-4H3,21H4. The van der Waals surface area contributed by atoms with Gasteiger partial charge < -0.3 is 10.6 Å². The van der Waals surface area contributed by atoms with Gasteiger partial charge in [0.25, 0.3) is 0 Å². The van der Waals surface area contributed by atoms with Gasteiger partial charge in [-0.25, -0.2) is 4.09 Å². The third-order valence-electron chi connectivity index (χ3n) is 2.99. The first-order chi connectivity index (χ1) is 9.79. The van der Waals surface area contributed by atoms with Crippen molar-refractivity contribution in [3.8, 4) is 5.75 Å². The highest BCUT2D eigenvalue weighted by atomic mass is 79.9. The fourth-order valence-electron chi connectivity index (χ4n) is 1.77. The van der Waals surface area contributed by atoms with E-state index < -0.39 is 12.2 Å². The summed E-state index contributed by atoms with van der Waals surface area (Å²) in [5.41, 5.74) is 8.07. The van der Waals surface area contributed by atoms with Crippen LogP contribution in [0.3, 0.4) is 0 Å². The molecule has 0 saturated heterocycles. The van der Waals surface area contributed by atoms with Crippen LogP contribution >= 0.6 is 28.2 Å². The van der Waals surface area contributed by atoms with Crippen LogP contribution in [-0.2, 0) is 9.75 Å². The number of rotatable bonds is 4. The highest BCUT2D eigenvalue weighted by Gasteiger charge is 2.24. The number of hydrogen-bond acceptors (Lipinski definition) is 4. The number of aromatic nitrogens is 2. The molecule has 0 aliphatic carbocycles. The molecule has 1 aromatic heterocycles. The number of nitrogens with two attached hydrogens (primary N) is 1. The highest BCUT2D eigenvalue weighted by Crippen LogP contribution is 2.34. The minimum Gasteiger partial charge on any atom is -0.382 e. The summed E-state index contributed by atoms with van der Waals surface area (Å²) in [4.78, 5) is 5.28. The molecular formula is C14H22BrN3O2S. The largest absolute Gasteiger partial charge is 0.382 e. The zero-order valence-corrected chi connectivity index (χ0v) is 15.7. The van der Waals surface area contributed by atoms with Crippen LogP contribution in [0.15, 0.2) is 28.7 Å². The molecule has 2 N–H and O–H groups in total. The molecule has 0 aliphatic rings. The van der Waals surface area contributed by atoms with E-state index in [1.807, 2.05) is 31.2 Å². The van der Waals surface area contributed by atoms with Crippen LogP contribution in [0.4, 0.5) is 5.82 Å². The summed E-state index contributed by atoms with van der Waals surface area (Å²) >= 11 is 2.28. The van der Waals surface area contributed by atoms with Crippen molar-refractivity contribution in [3.63, 3.8) is 0 Å². The zero-order chi connectivity index (χ0) is 15.6. The minimum absolute atomic E-state index is 0.0790. The Hall–Kier alpha value is -1.18. The fraction of sp³-hybridized carbons (Fsp3) is 0.357.